The van der Waals surface area contributed by atoms with E-state index in [1.807, 2.05) is 35.8 Å². The molecule has 0 radical (unpaired) electrons. The van der Waals surface area contributed by atoms with Crippen molar-refractivity contribution in [2.45, 2.75) is 51.2 Å². The Morgan fingerprint density at radius 3 is 2.43 bits per heavy atom. The van der Waals surface area contributed by atoms with Crippen LogP contribution in [-0.2, 0) is 25.0 Å². The molecule has 1 aromatic carbocycles. The average molecular weight is 424 g/mol. The highest BCUT2D eigenvalue weighted by Gasteiger charge is 2.44. The molecule has 0 saturated carbocycles. The van der Waals surface area contributed by atoms with Gasteiger partial charge in [0.25, 0.3) is 0 Å². The molecular formula is C22H25N5O2S. The summed E-state index contributed by atoms with van der Waals surface area (Å²) in [6.07, 6.45) is 2.80. The zero-order valence-corrected chi connectivity index (χ0v) is 17.9. The molecular weight excluding hydrogens is 398 g/mol. The topological polar surface area (TPSA) is 73.0 Å². The molecule has 0 atom stereocenters. The zero-order chi connectivity index (χ0) is 20.7. The number of likely N-dealkylation sites (tertiary alicyclic amines) is 1. The molecule has 5 rings (SSSR count). The fraction of sp³-hybridized carbons (Fsp3) is 0.455. The van der Waals surface area contributed by atoms with Gasteiger partial charge in [-0.25, -0.2) is 9.67 Å². The number of hydrogen-bond acceptors (Lipinski definition) is 6. The standard InChI is InChI=1S/C22H25N5O2S/c1-16-18(30-15-23-16)14-25-10-7-22(8-11-25)9-12-26-19(28)20(29)27(24-21(22)26)13-17-5-3-2-4-6-17/h2-6,15H,7-14H2,1H3. The lowest BCUT2D eigenvalue weighted by molar-refractivity contribution is 0.149. The first-order chi connectivity index (χ1) is 14.6. The van der Waals surface area contributed by atoms with Crippen LogP contribution in [0.1, 0.15) is 41.2 Å². The number of rotatable bonds is 4. The van der Waals surface area contributed by atoms with E-state index < -0.39 is 11.1 Å². The van der Waals surface area contributed by atoms with Gasteiger partial charge in [-0.05, 0) is 44.8 Å². The molecule has 0 unspecified atom stereocenters. The zero-order valence-electron chi connectivity index (χ0n) is 17.1. The summed E-state index contributed by atoms with van der Waals surface area (Å²) in [5, 5.41) is 4.74. The van der Waals surface area contributed by atoms with Crippen LogP contribution in [-0.4, -0.2) is 37.3 Å². The number of aromatic nitrogens is 4. The van der Waals surface area contributed by atoms with Crippen LogP contribution >= 0.6 is 11.3 Å². The summed E-state index contributed by atoms with van der Waals surface area (Å²) < 4.78 is 3.00. The second kappa shape index (κ2) is 7.59. The van der Waals surface area contributed by atoms with E-state index in [1.165, 1.54) is 9.56 Å². The fourth-order valence-electron chi connectivity index (χ4n) is 4.73. The van der Waals surface area contributed by atoms with E-state index in [-0.39, 0.29) is 5.41 Å². The van der Waals surface area contributed by atoms with Crippen LogP contribution in [0.2, 0.25) is 0 Å². The molecule has 0 aliphatic carbocycles. The first-order valence-electron chi connectivity index (χ1n) is 10.4. The molecule has 156 valence electrons. The molecule has 3 aromatic rings. The fourth-order valence-corrected chi connectivity index (χ4v) is 5.55. The maximum atomic E-state index is 12.8. The van der Waals surface area contributed by atoms with E-state index in [2.05, 4.69) is 16.8 Å². The lowest BCUT2D eigenvalue weighted by atomic mass is 9.76. The largest absolute Gasteiger partial charge is 0.332 e. The van der Waals surface area contributed by atoms with Gasteiger partial charge in [0, 0.05) is 23.4 Å². The Hall–Kier alpha value is -2.58. The summed E-state index contributed by atoms with van der Waals surface area (Å²) >= 11 is 1.71. The van der Waals surface area contributed by atoms with Crippen LogP contribution in [0.15, 0.2) is 45.4 Å². The molecule has 0 N–H and O–H groups in total. The van der Waals surface area contributed by atoms with Crippen LogP contribution in [0.5, 0.6) is 0 Å². The number of hydrogen-bond donors (Lipinski definition) is 0. The van der Waals surface area contributed by atoms with Gasteiger partial charge in [-0.15, -0.1) is 11.3 Å². The Bertz CT molecular complexity index is 1170. The lowest BCUT2D eigenvalue weighted by Crippen LogP contribution is -2.47. The highest BCUT2D eigenvalue weighted by atomic mass is 32.1. The number of thiazole rings is 1. The van der Waals surface area contributed by atoms with Crippen molar-refractivity contribution >= 4 is 11.3 Å². The summed E-state index contributed by atoms with van der Waals surface area (Å²) in [4.78, 5) is 33.5. The van der Waals surface area contributed by atoms with Crippen LogP contribution < -0.4 is 11.1 Å². The van der Waals surface area contributed by atoms with Crippen molar-refractivity contribution in [1.29, 1.82) is 0 Å². The monoisotopic (exact) mass is 423 g/mol. The Balaban J connectivity index is 1.40. The van der Waals surface area contributed by atoms with Crippen LogP contribution in [0.4, 0.5) is 0 Å². The minimum Gasteiger partial charge on any atom is -0.298 e. The third-order valence-electron chi connectivity index (χ3n) is 6.62. The summed E-state index contributed by atoms with van der Waals surface area (Å²) in [6.45, 7) is 5.84. The predicted molar refractivity (Wildman–Crippen MR) is 116 cm³/mol. The van der Waals surface area contributed by atoms with Gasteiger partial charge in [0.15, 0.2) is 0 Å². The number of aryl methyl sites for hydroxylation is 1. The lowest BCUT2D eigenvalue weighted by Gasteiger charge is -2.38. The Morgan fingerprint density at radius 2 is 1.73 bits per heavy atom. The van der Waals surface area contributed by atoms with Gasteiger partial charge in [-0.1, -0.05) is 30.3 Å². The SMILES string of the molecule is Cc1ncsc1CN1CCC2(CC1)CCn1c2nn(Cc2ccccc2)c(=O)c1=O. The molecule has 1 spiro atoms. The van der Waals surface area contributed by atoms with E-state index in [0.717, 1.165) is 56.0 Å². The molecule has 0 amide bonds. The molecule has 8 heteroatoms. The number of benzene rings is 1. The van der Waals surface area contributed by atoms with Crippen molar-refractivity contribution in [3.05, 3.63) is 78.5 Å². The van der Waals surface area contributed by atoms with Crippen molar-refractivity contribution < 1.29 is 0 Å². The molecule has 0 bridgehead atoms. The molecule has 4 heterocycles. The van der Waals surface area contributed by atoms with Crippen molar-refractivity contribution in [1.82, 2.24) is 24.2 Å². The summed E-state index contributed by atoms with van der Waals surface area (Å²) in [7, 11) is 0. The van der Waals surface area contributed by atoms with Crippen molar-refractivity contribution in [3.8, 4) is 0 Å². The highest BCUT2D eigenvalue weighted by Crippen LogP contribution is 2.41. The molecule has 7 nitrogen and oxygen atoms in total. The molecule has 1 saturated heterocycles. The van der Waals surface area contributed by atoms with Gasteiger partial charge in [0.1, 0.15) is 5.82 Å². The van der Waals surface area contributed by atoms with Gasteiger partial charge >= 0.3 is 11.1 Å². The molecule has 30 heavy (non-hydrogen) atoms. The molecule has 2 aromatic heterocycles. The van der Waals surface area contributed by atoms with E-state index in [4.69, 9.17) is 5.10 Å². The van der Waals surface area contributed by atoms with E-state index in [9.17, 15) is 9.59 Å². The normalized spacial score (nSPS) is 18.0. The van der Waals surface area contributed by atoms with Gasteiger partial charge in [0.2, 0.25) is 0 Å². The van der Waals surface area contributed by atoms with Gasteiger partial charge < -0.3 is 0 Å². The summed E-state index contributed by atoms with van der Waals surface area (Å²) in [5.41, 5.74) is 2.92. The van der Waals surface area contributed by atoms with Gasteiger partial charge in [0.05, 0.1) is 17.7 Å². The van der Waals surface area contributed by atoms with Crippen molar-refractivity contribution in [2.24, 2.45) is 0 Å². The Morgan fingerprint density at radius 1 is 1.00 bits per heavy atom. The maximum absolute atomic E-state index is 12.8. The van der Waals surface area contributed by atoms with Crippen LogP contribution in [0.3, 0.4) is 0 Å². The first kappa shape index (κ1) is 19.4. The summed E-state index contributed by atoms with van der Waals surface area (Å²) in [5.74, 6) is 0.802. The third kappa shape index (κ3) is 3.33. The van der Waals surface area contributed by atoms with Crippen LogP contribution in [0, 0.1) is 6.92 Å². The molecule has 2 aliphatic heterocycles. The molecule has 1 fully saturated rings. The van der Waals surface area contributed by atoms with Gasteiger partial charge in [-0.3, -0.25) is 19.1 Å². The smallest absolute Gasteiger partial charge is 0.298 e. The highest BCUT2D eigenvalue weighted by molar-refractivity contribution is 7.09. The van der Waals surface area contributed by atoms with Crippen LogP contribution in [0.25, 0.3) is 0 Å². The average Bonchev–Trinajstić information content (AvgIpc) is 3.32. The second-order valence-corrected chi connectivity index (χ2v) is 9.34. The van der Waals surface area contributed by atoms with E-state index in [1.54, 1.807) is 15.9 Å². The van der Waals surface area contributed by atoms with Crippen molar-refractivity contribution in [2.75, 3.05) is 13.1 Å². The Labute approximate surface area is 178 Å². The summed E-state index contributed by atoms with van der Waals surface area (Å²) in [6, 6.07) is 9.71. The van der Waals surface area contributed by atoms with E-state index in [0.29, 0.717) is 13.1 Å². The minimum absolute atomic E-state index is 0.107. The third-order valence-corrected chi connectivity index (χ3v) is 7.54. The predicted octanol–water partition coefficient (Wildman–Crippen LogP) is 2.16. The number of fused-ring (bicyclic) bond motifs is 2. The van der Waals surface area contributed by atoms with Crippen molar-refractivity contribution in [3.63, 3.8) is 0 Å². The quantitative estimate of drug-likeness (QED) is 0.602. The van der Waals surface area contributed by atoms with E-state index >= 15 is 0 Å². The maximum Gasteiger partial charge on any atom is 0.332 e. The van der Waals surface area contributed by atoms with Gasteiger partial charge in [-0.2, -0.15) is 5.10 Å². The Kier molecular flexibility index (Phi) is 4.91. The first-order valence-corrected chi connectivity index (χ1v) is 11.3. The number of nitrogens with zero attached hydrogens (tertiary/aromatic N) is 5. The molecule has 2 aliphatic rings. The second-order valence-electron chi connectivity index (χ2n) is 8.40. The number of piperidine rings is 1. The minimum atomic E-state index is -0.530.